The molecule has 0 aromatic heterocycles. The van der Waals surface area contributed by atoms with Crippen molar-refractivity contribution in [3.05, 3.63) is 0 Å². The van der Waals surface area contributed by atoms with Crippen LogP contribution in [0.2, 0.25) is 0 Å². The Hall–Kier alpha value is -1.26. The maximum absolute atomic E-state index is 12.4. The van der Waals surface area contributed by atoms with Crippen molar-refractivity contribution < 1.29 is 14.7 Å². The van der Waals surface area contributed by atoms with E-state index in [-0.39, 0.29) is 18.6 Å². The highest BCUT2D eigenvalue weighted by Gasteiger charge is 2.42. The monoisotopic (exact) mass is 252 g/mol. The smallest absolute Gasteiger partial charge is 0.323 e. The zero-order valence-electron chi connectivity index (χ0n) is 10.5. The molecular weight excluding hydrogens is 232 g/mol. The van der Waals surface area contributed by atoms with Gasteiger partial charge in [-0.1, -0.05) is 6.42 Å². The number of carbonyl (C=O) groups is 2. The fraction of sp³-hybridized carbons (Fsp3) is 0.846. The highest BCUT2D eigenvalue weighted by atomic mass is 16.4. The van der Waals surface area contributed by atoms with Gasteiger partial charge in [-0.2, -0.15) is 0 Å². The Labute approximate surface area is 107 Å². The third-order valence-corrected chi connectivity index (χ3v) is 4.54. The van der Waals surface area contributed by atoms with Gasteiger partial charge in [0.2, 0.25) is 0 Å². The molecule has 5 nitrogen and oxygen atoms in total. The van der Waals surface area contributed by atoms with Crippen LogP contribution in [0, 0.1) is 11.8 Å². The second kappa shape index (κ2) is 4.44. The molecule has 5 heteroatoms. The molecule has 0 bridgehead atoms. The van der Waals surface area contributed by atoms with E-state index in [0.29, 0.717) is 11.8 Å². The number of carbonyl (C=O) groups excluding carboxylic acids is 1. The quantitative estimate of drug-likeness (QED) is 0.825. The molecule has 2 unspecified atom stereocenters. The van der Waals surface area contributed by atoms with E-state index in [1.54, 1.807) is 4.90 Å². The molecule has 0 spiro atoms. The average molecular weight is 252 g/mol. The highest BCUT2D eigenvalue weighted by Crippen LogP contribution is 2.38. The fourth-order valence-electron chi connectivity index (χ4n) is 3.46. The van der Waals surface area contributed by atoms with Crippen molar-refractivity contribution in [3.8, 4) is 0 Å². The van der Waals surface area contributed by atoms with Gasteiger partial charge in [-0.3, -0.25) is 4.79 Å². The number of fused-ring (bicyclic) bond motifs is 1. The molecule has 1 aliphatic heterocycles. The van der Waals surface area contributed by atoms with E-state index in [0.717, 1.165) is 25.9 Å². The van der Waals surface area contributed by atoms with Gasteiger partial charge in [0.05, 0.1) is 0 Å². The summed E-state index contributed by atoms with van der Waals surface area (Å²) in [6.07, 6.45) is 5.67. The molecule has 3 rings (SSSR count). The first-order chi connectivity index (χ1) is 8.65. The van der Waals surface area contributed by atoms with Gasteiger partial charge in [-0.25, -0.2) is 4.79 Å². The highest BCUT2D eigenvalue weighted by molar-refractivity contribution is 5.81. The third-order valence-electron chi connectivity index (χ3n) is 4.54. The molecule has 2 saturated carbocycles. The molecule has 3 aliphatic rings. The van der Waals surface area contributed by atoms with Crippen LogP contribution in [-0.4, -0.2) is 52.6 Å². The number of aliphatic carboxylic acids is 1. The first-order valence-electron chi connectivity index (χ1n) is 6.92. The maximum atomic E-state index is 12.4. The molecule has 1 N–H and O–H groups in total. The lowest BCUT2D eigenvalue weighted by Crippen LogP contribution is -2.45. The maximum Gasteiger partial charge on any atom is 0.323 e. The molecule has 0 aromatic carbocycles. The van der Waals surface area contributed by atoms with E-state index in [1.807, 2.05) is 4.90 Å². The van der Waals surface area contributed by atoms with Gasteiger partial charge < -0.3 is 14.9 Å². The van der Waals surface area contributed by atoms with Gasteiger partial charge in [0.15, 0.2) is 0 Å². The summed E-state index contributed by atoms with van der Waals surface area (Å²) >= 11 is 0. The number of likely N-dealkylation sites (tertiary alicyclic amines) is 1. The molecule has 3 fully saturated rings. The van der Waals surface area contributed by atoms with E-state index in [1.165, 1.54) is 19.3 Å². The van der Waals surface area contributed by atoms with Gasteiger partial charge in [0.25, 0.3) is 0 Å². The number of carboxylic acids is 1. The number of hydrogen-bond acceptors (Lipinski definition) is 2. The third kappa shape index (κ3) is 2.18. The largest absolute Gasteiger partial charge is 0.480 e. The van der Waals surface area contributed by atoms with Crippen LogP contribution in [-0.2, 0) is 4.79 Å². The minimum atomic E-state index is -0.908. The number of urea groups is 1. The SMILES string of the molecule is O=C(O)CN(C(=O)N1CC2CCCC2C1)C1CC1. The molecule has 2 atom stereocenters. The molecule has 0 aromatic rings. The van der Waals surface area contributed by atoms with Crippen LogP contribution in [0.1, 0.15) is 32.1 Å². The summed E-state index contributed by atoms with van der Waals surface area (Å²) in [5.74, 6) is 0.425. The molecule has 1 saturated heterocycles. The standard InChI is InChI=1S/C13H20N2O3/c16-12(17)8-15(11-4-5-11)13(18)14-6-9-2-1-3-10(9)7-14/h9-11H,1-8H2,(H,16,17). The molecular formula is C13H20N2O3. The van der Waals surface area contributed by atoms with Gasteiger partial charge in [0.1, 0.15) is 6.54 Å². The number of nitrogens with zero attached hydrogens (tertiary/aromatic N) is 2. The summed E-state index contributed by atoms with van der Waals surface area (Å²) < 4.78 is 0. The van der Waals surface area contributed by atoms with Crippen molar-refractivity contribution in [2.45, 2.75) is 38.1 Å². The van der Waals surface area contributed by atoms with Crippen LogP contribution in [0.5, 0.6) is 0 Å². The summed E-state index contributed by atoms with van der Waals surface area (Å²) in [5, 5.41) is 8.90. The summed E-state index contributed by atoms with van der Waals surface area (Å²) in [4.78, 5) is 26.7. The van der Waals surface area contributed by atoms with E-state index in [9.17, 15) is 9.59 Å². The second-order valence-corrected chi connectivity index (χ2v) is 5.89. The van der Waals surface area contributed by atoms with Gasteiger partial charge >= 0.3 is 12.0 Å². The molecule has 1 heterocycles. The number of hydrogen-bond donors (Lipinski definition) is 1. The van der Waals surface area contributed by atoms with Crippen LogP contribution < -0.4 is 0 Å². The Morgan fingerprint density at radius 3 is 2.22 bits per heavy atom. The minimum absolute atomic E-state index is 0.0469. The van der Waals surface area contributed by atoms with Crippen LogP contribution in [0.25, 0.3) is 0 Å². The molecule has 2 aliphatic carbocycles. The van der Waals surface area contributed by atoms with Crippen molar-refractivity contribution in [2.75, 3.05) is 19.6 Å². The van der Waals surface area contributed by atoms with Crippen molar-refractivity contribution in [1.82, 2.24) is 9.80 Å². The first-order valence-corrected chi connectivity index (χ1v) is 6.92. The average Bonchev–Trinajstić information content (AvgIpc) is 2.92. The zero-order chi connectivity index (χ0) is 12.7. The second-order valence-electron chi connectivity index (χ2n) is 5.89. The predicted molar refractivity (Wildman–Crippen MR) is 65.2 cm³/mol. The Balaban J connectivity index is 1.63. The number of amides is 2. The fourth-order valence-corrected chi connectivity index (χ4v) is 3.46. The Morgan fingerprint density at radius 2 is 1.72 bits per heavy atom. The normalized spacial score (nSPS) is 30.3. The van der Waals surface area contributed by atoms with Crippen LogP contribution in [0.4, 0.5) is 4.79 Å². The lowest BCUT2D eigenvalue weighted by atomic mass is 10.0. The van der Waals surface area contributed by atoms with Gasteiger partial charge in [0, 0.05) is 19.1 Å². The van der Waals surface area contributed by atoms with Gasteiger partial charge in [-0.05, 0) is 37.5 Å². The summed E-state index contributed by atoms with van der Waals surface area (Å²) in [6, 6.07) is 0.128. The van der Waals surface area contributed by atoms with Crippen LogP contribution in [0.15, 0.2) is 0 Å². The Morgan fingerprint density at radius 1 is 1.11 bits per heavy atom. The Bertz CT molecular complexity index is 355. The van der Waals surface area contributed by atoms with E-state index < -0.39 is 5.97 Å². The molecule has 100 valence electrons. The molecule has 0 radical (unpaired) electrons. The predicted octanol–water partition coefficient (Wildman–Crippen LogP) is 1.39. The van der Waals surface area contributed by atoms with E-state index in [4.69, 9.17) is 5.11 Å². The summed E-state index contributed by atoms with van der Waals surface area (Å²) in [5.41, 5.74) is 0. The van der Waals surface area contributed by atoms with E-state index >= 15 is 0 Å². The van der Waals surface area contributed by atoms with Crippen LogP contribution in [0.3, 0.4) is 0 Å². The summed E-state index contributed by atoms with van der Waals surface area (Å²) in [6.45, 7) is 1.54. The van der Waals surface area contributed by atoms with Crippen LogP contribution >= 0.6 is 0 Å². The lowest BCUT2D eigenvalue weighted by Gasteiger charge is -2.27. The van der Waals surface area contributed by atoms with Crippen molar-refractivity contribution in [1.29, 1.82) is 0 Å². The van der Waals surface area contributed by atoms with E-state index in [2.05, 4.69) is 0 Å². The van der Waals surface area contributed by atoms with Crippen molar-refractivity contribution in [2.24, 2.45) is 11.8 Å². The topological polar surface area (TPSA) is 60.9 Å². The molecule has 18 heavy (non-hydrogen) atoms. The zero-order valence-corrected chi connectivity index (χ0v) is 10.5. The Kier molecular flexibility index (Phi) is 2.92. The lowest BCUT2D eigenvalue weighted by molar-refractivity contribution is -0.137. The first kappa shape index (κ1) is 11.8. The molecule has 2 amide bonds. The van der Waals surface area contributed by atoms with Crippen molar-refractivity contribution in [3.63, 3.8) is 0 Å². The summed E-state index contributed by atoms with van der Waals surface area (Å²) in [7, 11) is 0. The minimum Gasteiger partial charge on any atom is -0.480 e. The van der Waals surface area contributed by atoms with Crippen molar-refractivity contribution >= 4 is 12.0 Å². The number of carboxylic acid groups (broad SMARTS) is 1. The number of rotatable bonds is 3. The van der Waals surface area contributed by atoms with Gasteiger partial charge in [-0.15, -0.1) is 0 Å².